The minimum Gasteiger partial charge on any atom is -0.497 e. The molecule has 2 atom stereocenters. The Kier molecular flexibility index (Phi) is 12.2. The summed E-state index contributed by atoms with van der Waals surface area (Å²) in [4.78, 5) is 70.5. The first kappa shape index (κ1) is 40.8. The van der Waals surface area contributed by atoms with E-state index in [1.54, 1.807) is 80.1 Å². The Labute approximate surface area is 347 Å². The molecule has 3 aromatic carbocycles. The zero-order chi connectivity index (χ0) is 41.7. The van der Waals surface area contributed by atoms with Gasteiger partial charge in [-0.3, -0.25) is 19.3 Å². The lowest BCUT2D eigenvalue weighted by atomic mass is 10.00. The Morgan fingerprint density at radius 3 is 2.17 bits per heavy atom. The summed E-state index contributed by atoms with van der Waals surface area (Å²) in [5.74, 6) is -0.587. The van der Waals surface area contributed by atoms with Gasteiger partial charge >= 0.3 is 12.1 Å². The van der Waals surface area contributed by atoms with Crippen molar-refractivity contribution < 1.29 is 42.8 Å². The lowest BCUT2D eigenvalue weighted by Gasteiger charge is -2.49. The average molecular weight is 817 g/mol. The fourth-order valence-electron chi connectivity index (χ4n) is 7.05. The summed E-state index contributed by atoms with van der Waals surface area (Å²) in [6.07, 6.45) is 4.24. The number of rotatable bonds is 12. The van der Waals surface area contributed by atoms with E-state index >= 15 is 0 Å². The van der Waals surface area contributed by atoms with Gasteiger partial charge in [-0.05, 0) is 79.8 Å². The second kappa shape index (κ2) is 17.6. The molecule has 7 rings (SSSR count). The number of carbonyl (C=O) groups is 5. The maximum atomic E-state index is 14.4. The largest absolute Gasteiger partial charge is 0.497 e. The number of alkyl carbamates (subject to hydrolysis) is 1. The van der Waals surface area contributed by atoms with E-state index in [9.17, 15) is 24.0 Å². The molecule has 0 bridgehead atoms. The Morgan fingerprint density at radius 1 is 0.915 bits per heavy atom. The number of nitrogens with one attached hydrogen (secondary N) is 2. The van der Waals surface area contributed by atoms with Gasteiger partial charge in [-0.2, -0.15) is 4.57 Å². The fourth-order valence-corrected chi connectivity index (χ4v) is 8.35. The minimum atomic E-state index is -0.915. The molecule has 0 radical (unpaired) electrons. The van der Waals surface area contributed by atoms with Crippen LogP contribution in [0.4, 0.5) is 10.5 Å². The molecule has 3 aliphatic rings. The molecule has 3 aliphatic heterocycles. The SMILES string of the molecule is COc1ccc(NC(=O)C[n+]2ccc(CN3CC/C(=C\C4=C(C(=O)OC(c5ccccc5)c5ccccc5)N5C(=O)[C@@H](NC(=O)OC(C)(C)C)[C@H]5SC4)C3=O)cc2)cc1. The van der Waals surface area contributed by atoms with Crippen LogP contribution < -0.4 is 19.9 Å². The van der Waals surface area contributed by atoms with Gasteiger partial charge in [-0.25, -0.2) is 9.59 Å². The number of carbonyl (C=O) groups excluding carboxylic acids is 5. The zero-order valence-electron chi connectivity index (χ0n) is 33.3. The van der Waals surface area contributed by atoms with Gasteiger partial charge in [-0.1, -0.05) is 60.7 Å². The number of anilines is 1. The van der Waals surface area contributed by atoms with Crippen LogP contribution in [0.3, 0.4) is 0 Å². The molecule has 59 heavy (non-hydrogen) atoms. The van der Waals surface area contributed by atoms with Gasteiger partial charge in [0.05, 0.1) is 7.11 Å². The highest BCUT2D eigenvalue weighted by molar-refractivity contribution is 8.00. The molecule has 0 spiro atoms. The number of nitrogens with zero attached hydrogens (tertiary/aromatic N) is 3. The summed E-state index contributed by atoms with van der Waals surface area (Å²) in [5, 5.41) is 4.96. The number of methoxy groups -OCH3 is 1. The zero-order valence-corrected chi connectivity index (χ0v) is 34.1. The molecule has 4 aromatic rings. The Morgan fingerprint density at radius 2 is 1.56 bits per heavy atom. The fraction of sp³-hybridized carbons (Fsp3) is 0.289. The number of amides is 4. The second-order valence-corrected chi connectivity index (χ2v) is 16.4. The number of hydrogen-bond acceptors (Lipinski definition) is 9. The Hall–Kier alpha value is -6.41. The number of fused-ring (bicyclic) bond motifs is 1. The van der Waals surface area contributed by atoms with Crippen LogP contribution in [0, 0.1) is 0 Å². The van der Waals surface area contributed by atoms with Gasteiger partial charge in [0.1, 0.15) is 28.5 Å². The monoisotopic (exact) mass is 816 g/mol. The van der Waals surface area contributed by atoms with Gasteiger partial charge in [0.2, 0.25) is 12.5 Å². The predicted octanol–water partition coefficient (Wildman–Crippen LogP) is 5.68. The molecule has 1 aromatic heterocycles. The van der Waals surface area contributed by atoms with Crippen molar-refractivity contribution in [2.24, 2.45) is 0 Å². The molecule has 2 N–H and O–H groups in total. The van der Waals surface area contributed by atoms with Crippen LogP contribution >= 0.6 is 11.8 Å². The quantitative estimate of drug-likeness (QED) is 0.0799. The Bertz CT molecular complexity index is 2240. The van der Waals surface area contributed by atoms with Crippen LogP contribution in [0.1, 0.15) is 50.0 Å². The highest BCUT2D eigenvalue weighted by atomic mass is 32.2. The summed E-state index contributed by atoms with van der Waals surface area (Å²) >= 11 is 1.38. The molecular formula is C45H46N5O8S+. The van der Waals surface area contributed by atoms with Crippen molar-refractivity contribution in [2.45, 2.75) is 63.4 Å². The highest BCUT2D eigenvalue weighted by Crippen LogP contribution is 2.43. The van der Waals surface area contributed by atoms with E-state index in [0.29, 0.717) is 42.1 Å². The van der Waals surface area contributed by atoms with Gasteiger partial charge in [0.25, 0.3) is 11.8 Å². The number of esters is 1. The van der Waals surface area contributed by atoms with Crippen LogP contribution in [0.15, 0.2) is 132 Å². The standard InChI is InChI=1S/C45H45N5O8S/c1-45(2,3)58-44(55)47-37-41(53)50-38(43(54)57-39(30-11-7-5-8-12-30)31-13-9-6-10-14-31)33(28-59-42(37)50)25-32-21-24-49(40(32)52)26-29-19-22-48(23-20-29)27-36(51)46-34-15-17-35(56-4)18-16-34/h5-20,22-23,25,37,39,42H,21,24,26-28H2,1-4H3,(H-,46,47,51,55)/p+1/b32-25+/t37-,42-/m1/s1. The van der Waals surface area contributed by atoms with Crippen LogP contribution in [0.25, 0.3) is 0 Å². The number of hydrogen-bond donors (Lipinski definition) is 2. The number of pyridine rings is 1. The van der Waals surface area contributed by atoms with Crippen molar-refractivity contribution in [3.05, 3.63) is 149 Å². The third kappa shape index (κ3) is 9.66. The molecule has 4 heterocycles. The lowest BCUT2D eigenvalue weighted by Crippen LogP contribution is -2.70. The highest BCUT2D eigenvalue weighted by Gasteiger charge is 2.55. The molecule has 14 heteroatoms. The summed E-state index contributed by atoms with van der Waals surface area (Å²) in [5.41, 5.74) is 3.31. The van der Waals surface area contributed by atoms with E-state index in [1.165, 1.54) is 16.7 Å². The summed E-state index contributed by atoms with van der Waals surface area (Å²) in [7, 11) is 1.58. The lowest BCUT2D eigenvalue weighted by molar-refractivity contribution is -0.684. The van der Waals surface area contributed by atoms with Gasteiger partial charge in [0.15, 0.2) is 18.5 Å². The number of thioether (sulfide) groups is 1. The number of likely N-dealkylation sites (tertiary alicyclic amines) is 1. The van der Waals surface area contributed by atoms with Crippen LogP contribution in [0.5, 0.6) is 5.75 Å². The Balaban J connectivity index is 1.09. The van der Waals surface area contributed by atoms with E-state index in [2.05, 4.69) is 10.6 Å². The third-order valence-corrected chi connectivity index (χ3v) is 11.2. The van der Waals surface area contributed by atoms with Crippen molar-refractivity contribution >= 4 is 47.2 Å². The van der Waals surface area contributed by atoms with E-state index < -0.39 is 41.1 Å². The predicted molar refractivity (Wildman–Crippen MR) is 220 cm³/mol. The normalized spacial score (nSPS) is 18.4. The van der Waals surface area contributed by atoms with Crippen molar-refractivity contribution in [2.75, 3.05) is 24.7 Å². The van der Waals surface area contributed by atoms with Crippen molar-refractivity contribution in [3.63, 3.8) is 0 Å². The van der Waals surface area contributed by atoms with E-state index in [1.807, 2.05) is 72.8 Å². The first-order valence-corrected chi connectivity index (χ1v) is 20.3. The smallest absolute Gasteiger partial charge is 0.408 e. The maximum Gasteiger partial charge on any atom is 0.408 e. The molecular weight excluding hydrogens is 771 g/mol. The van der Waals surface area contributed by atoms with Gasteiger partial charge in [0, 0.05) is 42.2 Å². The first-order valence-electron chi connectivity index (χ1n) is 19.3. The van der Waals surface area contributed by atoms with E-state index in [0.717, 1.165) is 16.7 Å². The van der Waals surface area contributed by atoms with Crippen LogP contribution in [-0.2, 0) is 41.7 Å². The average Bonchev–Trinajstić information content (AvgIpc) is 3.56. The number of benzene rings is 3. The van der Waals surface area contributed by atoms with Gasteiger partial charge in [-0.15, -0.1) is 11.8 Å². The molecule has 2 saturated heterocycles. The topological polar surface area (TPSA) is 147 Å². The van der Waals surface area contributed by atoms with Gasteiger partial charge < -0.3 is 29.7 Å². The molecule has 13 nitrogen and oxygen atoms in total. The number of allylic oxidation sites excluding steroid dienone is 1. The van der Waals surface area contributed by atoms with Crippen molar-refractivity contribution in [3.8, 4) is 5.75 Å². The third-order valence-electron chi connectivity index (χ3n) is 9.89. The van der Waals surface area contributed by atoms with Crippen LogP contribution in [0.2, 0.25) is 0 Å². The summed E-state index contributed by atoms with van der Waals surface area (Å²) in [6, 6.07) is 28.6. The second-order valence-electron chi connectivity index (χ2n) is 15.3. The van der Waals surface area contributed by atoms with Crippen molar-refractivity contribution in [1.82, 2.24) is 15.1 Å². The summed E-state index contributed by atoms with van der Waals surface area (Å²) in [6.45, 7) is 6.11. The maximum absolute atomic E-state index is 14.4. The van der Waals surface area contributed by atoms with Crippen molar-refractivity contribution in [1.29, 1.82) is 0 Å². The van der Waals surface area contributed by atoms with E-state index in [-0.39, 0.29) is 29.8 Å². The van der Waals surface area contributed by atoms with Crippen LogP contribution in [-0.4, -0.2) is 76.0 Å². The molecule has 2 fully saturated rings. The van der Waals surface area contributed by atoms with E-state index in [4.69, 9.17) is 14.2 Å². The minimum absolute atomic E-state index is 0.0419. The summed E-state index contributed by atoms with van der Waals surface area (Å²) < 4.78 is 18.6. The molecule has 0 saturated carbocycles. The molecule has 0 aliphatic carbocycles. The first-order chi connectivity index (χ1) is 28.4. The number of ether oxygens (including phenoxy) is 3. The number of β-lactam (4-membered cyclic amide) rings is 1. The molecule has 4 amide bonds. The molecule has 0 unspecified atom stereocenters. The number of aromatic nitrogens is 1. The molecule has 304 valence electrons.